The summed E-state index contributed by atoms with van der Waals surface area (Å²) in [6, 6.07) is 15.6. The summed E-state index contributed by atoms with van der Waals surface area (Å²) in [6.45, 7) is 8.02. The third-order valence-electron chi connectivity index (χ3n) is 6.09. The van der Waals surface area contributed by atoms with Crippen molar-refractivity contribution in [3.8, 4) is 0 Å². The fourth-order valence-corrected chi connectivity index (χ4v) is 4.36. The second-order valence-electron chi connectivity index (χ2n) is 8.15. The lowest BCUT2D eigenvalue weighted by atomic mass is 10.1. The molecule has 1 saturated heterocycles. The molecule has 1 unspecified atom stereocenters. The Morgan fingerprint density at radius 1 is 1.00 bits per heavy atom. The minimum Gasteiger partial charge on any atom is -0.365 e. The van der Waals surface area contributed by atoms with Gasteiger partial charge in [0.1, 0.15) is 6.54 Å². The molecule has 0 N–H and O–H groups in total. The summed E-state index contributed by atoms with van der Waals surface area (Å²) in [5.74, 6) is -0.201. The quantitative estimate of drug-likeness (QED) is 0.649. The van der Waals surface area contributed by atoms with Gasteiger partial charge in [-0.3, -0.25) is 18.7 Å². The Morgan fingerprint density at radius 2 is 1.71 bits per heavy atom. The third kappa shape index (κ3) is 3.87. The lowest BCUT2D eigenvalue weighted by Crippen LogP contribution is -2.55. The van der Waals surface area contributed by atoms with E-state index in [1.165, 1.54) is 5.56 Å². The van der Waals surface area contributed by atoms with E-state index < -0.39 is 11.2 Å². The van der Waals surface area contributed by atoms with Crippen LogP contribution in [0.1, 0.15) is 19.4 Å². The van der Waals surface area contributed by atoms with Crippen LogP contribution in [0.15, 0.2) is 58.1 Å². The van der Waals surface area contributed by atoms with Gasteiger partial charge in [-0.1, -0.05) is 29.8 Å². The van der Waals surface area contributed by atoms with Crippen molar-refractivity contribution >= 4 is 22.5 Å². The molecule has 0 radical (unpaired) electrons. The lowest BCUT2D eigenvalue weighted by Gasteiger charge is -2.41. The van der Waals surface area contributed by atoms with Gasteiger partial charge in [0.15, 0.2) is 0 Å². The molecule has 1 aliphatic rings. The third-order valence-corrected chi connectivity index (χ3v) is 6.09. The van der Waals surface area contributed by atoms with Crippen molar-refractivity contribution in [1.82, 2.24) is 14.0 Å². The zero-order chi connectivity index (χ0) is 22.1. The highest BCUT2D eigenvalue weighted by molar-refractivity contribution is 5.79. The van der Waals surface area contributed by atoms with Crippen LogP contribution in [0.4, 0.5) is 5.69 Å². The summed E-state index contributed by atoms with van der Waals surface area (Å²) in [7, 11) is 0. The number of aryl methyl sites for hydroxylation is 2. The van der Waals surface area contributed by atoms with E-state index in [2.05, 4.69) is 43.0 Å². The van der Waals surface area contributed by atoms with Crippen LogP contribution in [0, 0.1) is 6.92 Å². The number of aromatic nitrogens is 2. The summed E-state index contributed by atoms with van der Waals surface area (Å²) < 4.78 is 2.62. The van der Waals surface area contributed by atoms with E-state index in [1.807, 2.05) is 6.92 Å². The highest BCUT2D eigenvalue weighted by atomic mass is 16.2. The number of amides is 1. The van der Waals surface area contributed by atoms with Crippen LogP contribution in [0.5, 0.6) is 0 Å². The molecule has 3 aromatic rings. The number of hydrogen-bond donors (Lipinski definition) is 0. The van der Waals surface area contributed by atoms with Crippen molar-refractivity contribution in [2.24, 2.45) is 0 Å². The Hall–Kier alpha value is -3.35. The number of hydrogen-bond acceptors (Lipinski definition) is 4. The van der Waals surface area contributed by atoms with E-state index in [0.29, 0.717) is 37.1 Å². The maximum atomic E-state index is 13.0. The number of carbonyl (C=O) groups excluding carboxylic acids is 1. The number of piperazine rings is 1. The Labute approximate surface area is 181 Å². The van der Waals surface area contributed by atoms with Crippen LogP contribution in [0.2, 0.25) is 0 Å². The average Bonchev–Trinajstić information content (AvgIpc) is 2.77. The van der Waals surface area contributed by atoms with Crippen LogP contribution >= 0.6 is 0 Å². The topological polar surface area (TPSA) is 67.6 Å². The summed E-state index contributed by atoms with van der Waals surface area (Å²) in [5.41, 5.74) is 2.10. The number of para-hydroxylation sites is 1. The van der Waals surface area contributed by atoms with E-state index in [9.17, 15) is 14.4 Å². The first-order valence-electron chi connectivity index (χ1n) is 10.7. The monoisotopic (exact) mass is 420 g/mol. The van der Waals surface area contributed by atoms with Gasteiger partial charge in [-0.25, -0.2) is 4.79 Å². The number of rotatable bonds is 4. The molecule has 1 fully saturated rings. The second kappa shape index (κ2) is 8.41. The van der Waals surface area contributed by atoms with Crippen molar-refractivity contribution in [2.75, 3.05) is 24.5 Å². The predicted molar refractivity (Wildman–Crippen MR) is 123 cm³/mol. The van der Waals surface area contributed by atoms with Crippen molar-refractivity contribution < 1.29 is 4.79 Å². The maximum Gasteiger partial charge on any atom is 0.331 e. The second-order valence-corrected chi connectivity index (χ2v) is 8.15. The first-order valence-corrected chi connectivity index (χ1v) is 10.7. The van der Waals surface area contributed by atoms with Crippen LogP contribution in [0.3, 0.4) is 0 Å². The van der Waals surface area contributed by atoms with E-state index in [-0.39, 0.29) is 18.5 Å². The van der Waals surface area contributed by atoms with Gasteiger partial charge in [0.25, 0.3) is 5.56 Å². The zero-order valence-electron chi connectivity index (χ0n) is 18.2. The zero-order valence-corrected chi connectivity index (χ0v) is 18.2. The largest absolute Gasteiger partial charge is 0.365 e. The molecule has 0 bridgehead atoms. The van der Waals surface area contributed by atoms with Gasteiger partial charge in [-0.2, -0.15) is 0 Å². The molecule has 162 valence electrons. The van der Waals surface area contributed by atoms with Crippen LogP contribution in [0.25, 0.3) is 10.9 Å². The summed E-state index contributed by atoms with van der Waals surface area (Å²) in [6.07, 6.45) is 0. The SMILES string of the molecule is CCn1c(=O)n(CC(=O)N2CCN(c3ccc(C)cc3)C(C)C2)c(=O)c2ccccc21. The number of fused-ring (bicyclic) bond motifs is 1. The molecule has 1 aliphatic heterocycles. The van der Waals surface area contributed by atoms with Crippen LogP contribution < -0.4 is 16.1 Å². The smallest absolute Gasteiger partial charge is 0.331 e. The van der Waals surface area contributed by atoms with Crippen LogP contribution in [-0.4, -0.2) is 45.6 Å². The predicted octanol–water partition coefficient (Wildman–Crippen LogP) is 2.23. The Balaban J connectivity index is 1.56. The van der Waals surface area contributed by atoms with Crippen molar-refractivity contribution in [1.29, 1.82) is 0 Å². The van der Waals surface area contributed by atoms with Gasteiger partial charge in [0.2, 0.25) is 5.91 Å². The van der Waals surface area contributed by atoms with Crippen molar-refractivity contribution in [2.45, 2.75) is 39.9 Å². The molecular weight excluding hydrogens is 392 g/mol. The van der Waals surface area contributed by atoms with Gasteiger partial charge in [0.05, 0.1) is 10.9 Å². The maximum absolute atomic E-state index is 13.0. The van der Waals surface area contributed by atoms with Gasteiger partial charge in [-0.05, 0) is 45.0 Å². The standard InChI is InChI=1S/C24H28N4O3/c1-4-26-21-8-6-5-7-20(21)23(30)28(24(26)31)16-22(29)25-13-14-27(18(3)15-25)19-11-9-17(2)10-12-19/h5-12,18H,4,13-16H2,1-3H3. The molecule has 1 atom stereocenters. The Kier molecular flexibility index (Phi) is 5.67. The van der Waals surface area contributed by atoms with Crippen molar-refractivity contribution in [3.63, 3.8) is 0 Å². The molecule has 2 heterocycles. The summed E-state index contributed by atoms with van der Waals surface area (Å²) >= 11 is 0. The van der Waals surface area contributed by atoms with Crippen molar-refractivity contribution in [3.05, 3.63) is 74.9 Å². The molecule has 0 saturated carbocycles. The van der Waals surface area contributed by atoms with E-state index in [4.69, 9.17) is 0 Å². The van der Waals surface area contributed by atoms with Gasteiger partial charge < -0.3 is 9.80 Å². The fraction of sp³-hybridized carbons (Fsp3) is 0.375. The summed E-state index contributed by atoms with van der Waals surface area (Å²) in [5, 5.41) is 0.453. The van der Waals surface area contributed by atoms with E-state index >= 15 is 0 Å². The fourth-order valence-electron chi connectivity index (χ4n) is 4.36. The van der Waals surface area contributed by atoms with Gasteiger partial charge in [-0.15, -0.1) is 0 Å². The van der Waals surface area contributed by atoms with E-state index in [0.717, 1.165) is 10.3 Å². The first kappa shape index (κ1) is 20.9. The van der Waals surface area contributed by atoms with E-state index in [1.54, 1.807) is 33.7 Å². The molecular formula is C24H28N4O3. The number of benzene rings is 2. The average molecular weight is 421 g/mol. The number of carbonyl (C=O) groups is 1. The summed E-state index contributed by atoms with van der Waals surface area (Å²) in [4.78, 5) is 42.9. The molecule has 0 aliphatic carbocycles. The molecule has 1 amide bonds. The van der Waals surface area contributed by atoms with Crippen LogP contribution in [-0.2, 0) is 17.9 Å². The number of anilines is 1. The Bertz CT molecular complexity index is 1230. The molecule has 1 aromatic heterocycles. The minimum absolute atomic E-state index is 0.140. The highest BCUT2D eigenvalue weighted by Gasteiger charge is 2.27. The lowest BCUT2D eigenvalue weighted by molar-refractivity contribution is -0.132. The molecule has 2 aromatic carbocycles. The molecule has 4 rings (SSSR count). The first-order chi connectivity index (χ1) is 14.9. The normalized spacial score (nSPS) is 16.7. The molecule has 31 heavy (non-hydrogen) atoms. The van der Waals surface area contributed by atoms with Gasteiger partial charge in [0, 0.05) is 37.9 Å². The minimum atomic E-state index is -0.439. The highest BCUT2D eigenvalue weighted by Crippen LogP contribution is 2.21. The molecule has 7 heteroatoms. The Morgan fingerprint density at radius 3 is 2.39 bits per heavy atom. The number of nitrogens with zero attached hydrogens (tertiary/aromatic N) is 4. The molecule has 7 nitrogen and oxygen atoms in total. The molecule has 0 spiro atoms. The van der Waals surface area contributed by atoms with Gasteiger partial charge >= 0.3 is 5.69 Å².